The Morgan fingerprint density at radius 3 is 2.92 bits per heavy atom. The predicted molar refractivity (Wildman–Crippen MR) is 90.1 cm³/mol. The number of amides is 1. The zero-order valence-corrected chi connectivity index (χ0v) is 15.4. The minimum atomic E-state index is -3.29. The molecule has 1 N–H and O–H groups in total. The molecule has 3 rings (SSSR count). The third-order valence-corrected chi connectivity index (χ3v) is 6.32. The van der Waals surface area contributed by atoms with Crippen LogP contribution in [0.2, 0.25) is 0 Å². The van der Waals surface area contributed by atoms with E-state index in [0.29, 0.717) is 45.4 Å². The summed E-state index contributed by atoms with van der Waals surface area (Å²) in [6.45, 7) is 1.27. The molecule has 0 aromatic carbocycles. The third kappa shape index (κ3) is 4.18. The van der Waals surface area contributed by atoms with E-state index in [0.717, 1.165) is 5.82 Å². The molecule has 2 fully saturated rings. The quantitative estimate of drug-likeness (QED) is 0.734. The number of aryl methyl sites for hydroxylation is 1. The molecule has 1 saturated heterocycles. The summed E-state index contributed by atoms with van der Waals surface area (Å²) in [7, 11) is -1.48. The van der Waals surface area contributed by atoms with Crippen LogP contribution in [0.25, 0.3) is 0 Å². The van der Waals surface area contributed by atoms with E-state index in [1.165, 1.54) is 16.9 Å². The molecule has 0 unspecified atom stereocenters. The summed E-state index contributed by atoms with van der Waals surface area (Å²) in [4.78, 5) is 16.6. The molecule has 1 aromatic rings. The Labute approximate surface area is 147 Å². The normalized spacial score (nSPS) is 27.7. The summed E-state index contributed by atoms with van der Waals surface area (Å²) in [5.41, 5.74) is 0. The van der Waals surface area contributed by atoms with Crippen LogP contribution in [0.3, 0.4) is 0 Å². The van der Waals surface area contributed by atoms with Gasteiger partial charge in [0.2, 0.25) is 15.9 Å². The van der Waals surface area contributed by atoms with E-state index < -0.39 is 10.0 Å². The van der Waals surface area contributed by atoms with E-state index in [4.69, 9.17) is 4.74 Å². The summed E-state index contributed by atoms with van der Waals surface area (Å²) in [6.07, 6.45) is 5.15. The van der Waals surface area contributed by atoms with Gasteiger partial charge in [0, 0.05) is 32.5 Å². The lowest BCUT2D eigenvalue weighted by atomic mass is 9.82. The summed E-state index contributed by atoms with van der Waals surface area (Å²) < 4.78 is 32.9. The topological polar surface area (TPSA) is 106 Å². The lowest BCUT2D eigenvalue weighted by Crippen LogP contribution is -2.56. The van der Waals surface area contributed by atoms with Gasteiger partial charge in [-0.1, -0.05) is 0 Å². The van der Waals surface area contributed by atoms with Crippen LogP contribution in [-0.2, 0) is 33.0 Å². The maximum absolute atomic E-state index is 12.5. The number of carbonyl (C=O) groups is 1. The van der Waals surface area contributed by atoms with Crippen LogP contribution in [0.1, 0.15) is 25.1 Å². The van der Waals surface area contributed by atoms with E-state index in [9.17, 15) is 13.2 Å². The van der Waals surface area contributed by atoms with Gasteiger partial charge in [0.1, 0.15) is 12.2 Å². The molecule has 1 aliphatic heterocycles. The van der Waals surface area contributed by atoms with Gasteiger partial charge in [-0.15, -0.1) is 0 Å². The van der Waals surface area contributed by atoms with Crippen molar-refractivity contribution < 1.29 is 17.9 Å². The number of sulfonamides is 1. The van der Waals surface area contributed by atoms with Crippen LogP contribution in [0, 0.1) is 5.92 Å². The molecule has 2 aliphatic rings. The molecule has 1 amide bonds. The fourth-order valence-electron chi connectivity index (χ4n) is 3.71. The monoisotopic (exact) mass is 371 g/mol. The van der Waals surface area contributed by atoms with E-state index in [1.54, 1.807) is 4.68 Å². The van der Waals surface area contributed by atoms with Crippen LogP contribution in [0.4, 0.5) is 0 Å². The van der Waals surface area contributed by atoms with Gasteiger partial charge in [-0.2, -0.15) is 9.40 Å². The molecule has 1 aromatic heterocycles. The first kappa shape index (κ1) is 18.3. The SMILES string of the molecule is Cn1ncnc1CCNC(=O)[C@H]1CC[C@H]2OCCN(S(C)(=O)=O)[C@@H]2C1. The zero-order valence-electron chi connectivity index (χ0n) is 14.6. The molecule has 1 saturated carbocycles. The van der Waals surface area contributed by atoms with E-state index in [-0.39, 0.29) is 24.0 Å². The minimum absolute atomic E-state index is 0.0281. The molecular weight excluding hydrogens is 346 g/mol. The molecule has 3 atom stereocenters. The molecule has 1 aliphatic carbocycles. The van der Waals surface area contributed by atoms with Gasteiger partial charge in [0.25, 0.3) is 0 Å². The molecule has 0 radical (unpaired) electrons. The summed E-state index contributed by atoms with van der Waals surface area (Å²) in [5.74, 6) is 0.597. The number of hydrogen-bond donors (Lipinski definition) is 1. The fraction of sp³-hybridized carbons (Fsp3) is 0.800. The van der Waals surface area contributed by atoms with Crippen LogP contribution < -0.4 is 5.32 Å². The van der Waals surface area contributed by atoms with Crippen molar-refractivity contribution in [3.8, 4) is 0 Å². The zero-order chi connectivity index (χ0) is 18.0. The van der Waals surface area contributed by atoms with E-state index in [1.807, 2.05) is 7.05 Å². The van der Waals surface area contributed by atoms with Gasteiger partial charge in [-0.3, -0.25) is 9.48 Å². The standard InChI is InChI=1S/C15H25N5O4S/c1-19-14(17-10-18-19)5-6-16-15(21)11-3-4-13-12(9-11)20(7-8-24-13)25(2,22)23/h10-13H,3-9H2,1-2H3,(H,16,21)/t11-,12+,13+/m0/s1. The van der Waals surface area contributed by atoms with Gasteiger partial charge in [-0.25, -0.2) is 13.4 Å². The number of ether oxygens (including phenoxy) is 1. The predicted octanol–water partition coefficient (Wildman–Crippen LogP) is -0.697. The molecule has 0 spiro atoms. The Bertz CT molecular complexity index is 719. The smallest absolute Gasteiger partial charge is 0.223 e. The highest BCUT2D eigenvalue weighted by Gasteiger charge is 2.42. The molecule has 2 heterocycles. The first-order chi connectivity index (χ1) is 11.9. The highest BCUT2D eigenvalue weighted by molar-refractivity contribution is 7.88. The van der Waals surface area contributed by atoms with E-state index in [2.05, 4.69) is 15.4 Å². The lowest BCUT2D eigenvalue weighted by Gasteiger charge is -2.44. The number of fused-ring (bicyclic) bond motifs is 1. The number of aromatic nitrogens is 3. The Kier molecular flexibility index (Phi) is 5.40. The van der Waals surface area contributed by atoms with E-state index >= 15 is 0 Å². The van der Waals surface area contributed by atoms with Gasteiger partial charge in [0.05, 0.1) is 25.0 Å². The second-order valence-corrected chi connectivity index (χ2v) is 8.64. The van der Waals surface area contributed by atoms with Crippen molar-refractivity contribution >= 4 is 15.9 Å². The first-order valence-corrected chi connectivity index (χ1v) is 10.4. The Hall–Kier alpha value is -1.52. The molecule has 140 valence electrons. The average Bonchev–Trinajstić information content (AvgIpc) is 2.98. The number of nitrogens with one attached hydrogen (secondary N) is 1. The summed E-state index contributed by atoms with van der Waals surface area (Å²) in [5, 5.41) is 6.94. The van der Waals surface area contributed by atoms with Crippen molar-refractivity contribution in [2.75, 3.05) is 26.0 Å². The maximum Gasteiger partial charge on any atom is 0.223 e. The van der Waals surface area contributed by atoms with Crippen LogP contribution >= 0.6 is 0 Å². The number of nitrogens with zero attached hydrogens (tertiary/aromatic N) is 4. The summed E-state index contributed by atoms with van der Waals surface area (Å²) >= 11 is 0. The number of rotatable bonds is 5. The summed E-state index contributed by atoms with van der Waals surface area (Å²) in [6, 6.07) is -0.244. The minimum Gasteiger partial charge on any atom is -0.375 e. The van der Waals surface area contributed by atoms with Crippen molar-refractivity contribution in [3.05, 3.63) is 12.2 Å². The van der Waals surface area contributed by atoms with Gasteiger partial charge >= 0.3 is 0 Å². The van der Waals surface area contributed by atoms with Crippen molar-refractivity contribution in [1.29, 1.82) is 0 Å². The molecule has 10 heteroatoms. The van der Waals surface area contributed by atoms with Crippen LogP contribution in [-0.4, -0.2) is 71.5 Å². The number of carbonyl (C=O) groups excluding carboxylic acids is 1. The largest absolute Gasteiger partial charge is 0.375 e. The molecule has 0 bridgehead atoms. The van der Waals surface area contributed by atoms with Gasteiger partial charge in [0.15, 0.2) is 0 Å². The average molecular weight is 371 g/mol. The first-order valence-electron chi connectivity index (χ1n) is 8.55. The molecule has 25 heavy (non-hydrogen) atoms. The van der Waals surface area contributed by atoms with Crippen molar-refractivity contribution in [3.63, 3.8) is 0 Å². The maximum atomic E-state index is 12.5. The highest BCUT2D eigenvalue weighted by atomic mass is 32.2. The fourth-order valence-corrected chi connectivity index (χ4v) is 4.83. The number of hydrogen-bond acceptors (Lipinski definition) is 6. The Balaban J connectivity index is 1.56. The second-order valence-electron chi connectivity index (χ2n) is 6.70. The van der Waals surface area contributed by atoms with Gasteiger partial charge in [-0.05, 0) is 19.3 Å². The van der Waals surface area contributed by atoms with Gasteiger partial charge < -0.3 is 10.1 Å². The van der Waals surface area contributed by atoms with Crippen LogP contribution in [0.5, 0.6) is 0 Å². The van der Waals surface area contributed by atoms with Crippen molar-refractivity contribution in [2.45, 2.75) is 37.8 Å². The Morgan fingerprint density at radius 1 is 1.44 bits per heavy atom. The third-order valence-electron chi connectivity index (χ3n) is 5.02. The van der Waals surface area contributed by atoms with Crippen LogP contribution in [0.15, 0.2) is 6.33 Å². The number of morpholine rings is 1. The van der Waals surface area contributed by atoms with Crippen molar-refractivity contribution in [2.24, 2.45) is 13.0 Å². The highest BCUT2D eigenvalue weighted by Crippen LogP contribution is 2.33. The molecular formula is C15H25N5O4S. The second kappa shape index (κ2) is 7.38. The Morgan fingerprint density at radius 2 is 2.24 bits per heavy atom. The lowest BCUT2D eigenvalue weighted by molar-refractivity contribution is -0.130. The van der Waals surface area contributed by atoms with Crippen molar-refractivity contribution in [1.82, 2.24) is 24.4 Å². The molecule has 9 nitrogen and oxygen atoms in total.